The molecule has 1 saturated heterocycles. The van der Waals surface area contributed by atoms with Crippen molar-refractivity contribution in [2.75, 3.05) is 19.6 Å². The topological polar surface area (TPSA) is 95.6 Å². The average molecular weight is 498 g/mol. The molecule has 35 heavy (non-hydrogen) atoms. The van der Waals surface area contributed by atoms with Crippen LogP contribution < -0.4 is 10.6 Å². The molecule has 7 nitrogen and oxygen atoms in total. The second-order valence-electron chi connectivity index (χ2n) is 10.4. The largest absolute Gasteiger partial charge is 0.352 e. The number of carbonyl (C=O) groups excluding carboxylic acids is 2. The first kappa shape index (κ1) is 26.6. The Morgan fingerprint density at radius 1 is 1.00 bits per heavy atom. The second kappa shape index (κ2) is 10.3. The first-order valence-corrected chi connectivity index (χ1v) is 13.2. The zero-order chi connectivity index (χ0) is 25.9. The Morgan fingerprint density at radius 2 is 1.57 bits per heavy atom. The third kappa shape index (κ3) is 6.18. The molecule has 0 atom stereocenters. The Bertz CT molecular complexity index is 1150. The molecule has 188 valence electrons. The summed E-state index contributed by atoms with van der Waals surface area (Å²) in [6.45, 7) is 12.3. The fraction of sp³-hybridized carbons (Fsp3) is 0.407. The number of hydrogen-bond acceptors (Lipinski definition) is 4. The Kier molecular flexibility index (Phi) is 7.87. The Morgan fingerprint density at radius 3 is 2.11 bits per heavy atom. The van der Waals surface area contributed by atoms with E-state index in [1.807, 2.05) is 58.0 Å². The van der Waals surface area contributed by atoms with Crippen LogP contribution in [-0.4, -0.2) is 50.2 Å². The molecule has 1 heterocycles. The van der Waals surface area contributed by atoms with E-state index in [-0.39, 0.29) is 35.8 Å². The molecule has 1 fully saturated rings. The van der Waals surface area contributed by atoms with Crippen molar-refractivity contribution >= 4 is 21.8 Å². The Balaban J connectivity index is 1.70. The number of piperidine rings is 1. The van der Waals surface area contributed by atoms with Gasteiger partial charge in [0.15, 0.2) is 0 Å². The van der Waals surface area contributed by atoms with Gasteiger partial charge in [0.1, 0.15) is 0 Å². The van der Waals surface area contributed by atoms with E-state index in [4.69, 9.17) is 0 Å². The maximum Gasteiger partial charge on any atom is 0.251 e. The van der Waals surface area contributed by atoms with Crippen molar-refractivity contribution in [2.45, 2.75) is 45.1 Å². The van der Waals surface area contributed by atoms with Gasteiger partial charge in [-0.25, -0.2) is 8.42 Å². The van der Waals surface area contributed by atoms with Gasteiger partial charge in [-0.05, 0) is 53.2 Å². The summed E-state index contributed by atoms with van der Waals surface area (Å²) in [6.07, 6.45) is 1.95. The van der Waals surface area contributed by atoms with E-state index in [1.165, 1.54) is 34.6 Å². The van der Waals surface area contributed by atoms with Crippen LogP contribution >= 0.6 is 0 Å². The third-order valence-corrected chi connectivity index (χ3v) is 8.30. The lowest BCUT2D eigenvalue weighted by molar-refractivity contribution is -0.120. The van der Waals surface area contributed by atoms with Gasteiger partial charge in [-0.3, -0.25) is 9.59 Å². The van der Waals surface area contributed by atoms with Crippen molar-refractivity contribution in [3.05, 3.63) is 78.4 Å². The monoisotopic (exact) mass is 497 g/mol. The lowest BCUT2D eigenvalue weighted by atomic mass is 9.67. The summed E-state index contributed by atoms with van der Waals surface area (Å²) >= 11 is 0. The minimum Gasteiger partial charge on any atom is -0.352 e. The molecule has 0 bridgehead atoms. The van der Waals surface area contributed by atoms with E-state index in [0.717, 1.165) is 5.56 Å². The first-order valence-electron chi connectivity index (χ1n) is 11.7. The van der Waals surface area contributed by atoms with Gasteiger partial charge in [0, 0.05) is 31.2 Å². The highest BCUT2D eigenvalue weighted by Gasteiger charge is 2.50. The van der Waals surface area contributed by atoms with E-state index in [0.29, 0.717) is 18.5 Å². The summed E-state index contributed by atoms with van der Waals surface area (Å²) in [5.74, 6) is -0.518. The van der Waals surface area contributed by atoms with E-state index in [1.54, 1.807) is 0 Å². The number of amides is 2. The quantitative estimate of drug-likeness (QED) is 0.547. The fourth-order valence-corrected chi connectivity index (χ4v) is 6.75. The predicted molar refractivity (Wildman–Crippen MR) is 137 cm³/mol. The third-order valence-electron chi connectivity index (χ3n) is 6.50. The maximum atomic E-state index is 13.5. The normalized spacial score (nSPS) is 17.9. The van der Waals surface area contributed by atoms with E-state index in [9.17, 15) is 18.0 Å². The summed E-state index contributed by atoms with van der Waals surface area (Å²) in [5.41, 5.74) is 0.523. The van der Waals surface area contributed by atoms with E-state index < -0.39 is 20.9 Å². The summed E-state index contributed by atoms with van der Waals surface area (Å²) in [7, 11) is -3.79. The first-order chi connectivity index (χ1) is 16.4. The van der Waals surface area contributed by atoms with Crippen molar-refractivity contribution < 1.29 is 18.0 Å². The molecule has 2 N–H and O–H groups in total. The Labute approximate surface area is 208 Å². The van der Waals surface area contributed by atoms with Crippen LogP contribution in [0, 0.1) is 10.8 Å². The fourth-order valence-electron chi connectivity index (χ4n) is 4.96. The highest BCUT2D eigenvalue weighted by atomic mass is 32.2. The Hall–Kier alpha value is -2.97. The van der Waals surface area contributed by atoms with E-state index >= 15 is 0 Å². The van der Waals surface area contributed by atoms with Gasteiger partial charge < -0.3 is 10.6 Å². The maximum absolute atomic E-state index is 13.5. The number of carbonyl (C=O) groups is 2. The van der Waals surface area contributed by atoms with Crippen LogP contribution in [0.5, 0.6) is 0 Å². The minimum absolute atomic E-state index is 0.138. The summed E-state index contributed by atoms with van der Waals surface area (Å²) in [5, 5.41) is 5.86. The van der Waals surface area contributed by atoms with Crippen LogP contribution in [0.25, 0.3) is 0 Å². The van der Waals surface area contributed by atoms with Crippen LogP contribution in [-0.2, 0) is 21.2 Å². The minimum atomic E-state index is -3.79. The van der Waals surface area contributed by atoms with Crippen LogP contribution in [0.4, 0.5) is 0 Å². The van der Waals surface area contributed by atoms with Gasteiger partial charge in [-0.2, -0.15) is 4.31 Å². The molecule has 0 aromatic heterocycles. The number of nitrogens with one attached hydrogen (secondary N) is 2. The molecule has 2 aromatic carbocycles. The SMILES string of the molecule is C=CC(=O)NC1C(C)(C)CN(S(=O)(=O)c2ccc(C(=O)NCCc3ccccc3)cc2)CC1(C)C. The molecule has 0 unspecified atom stereocenters. The van der Waals surface area contributed by atoms with Crippen molar-refractivity contribution in [1.29, 1.82) is 0 Å². The molecule has 3 rings (SSSR count). The number of sulfonamides is 1. The highest BCUT2D eigenvalue weighted by Crippen LogP contribution is 2.42. The number of benzene rings is 2. The molecule has 0 spiro atoms. The van der Waals surface area contributed by atoms with Crippen LogP contribution in [0.1, 0.15) is 43.6 Å². The van der Waals surface area contributed by atoms with Crippen molar-refractivity contribution in [3.63, 3.8) is 0 Å². The van der Waals surface area contributed by atoms with Gasteiger partial charge in [0.2, 0.25) is 15.9 Å². The van der Waals surface area contributed by atoms with Gasteiger partial charge in [-0.15, -0.1) is 0 Å². The summed E-state index contributed by atoms with van der Waals surface area (Å²) in [4.78, 5) is 24.6. The highest BCUT2D eigenvalue weighted by molar-refractivity contribution is 7.89. The molecule has 0 aliphatic carbocycles. The summed E-state index contributed by atoms with van der Waals surface area (Å²) < 4.78 is 28.4. The lowest BCUT2D eigenvalue weighted by Crippen LogP contribution is -2.64. The lowest BCUT2D eigenvalue weighted by Gasteiger charge is -2.52. The van der Waals surface area contributed by atoms with Gasteiger partial charge in [0.05, 0.1) is 4.90 Å². The molecule has 2 aromatic rings. The van der Waals surface area contributed by atoms with Crippen molar-refractivity contribution in [1.82, 2.24) is 14.9 Å². The molecule has 2 amide bonds. The van der Waals surface area contributed by atoms with Crippen LogP contribution in [0.2, 0.25) is 0 Å². The van der Waals surface area contributed by atoms with Crippen molar-refractivity contribution in [2.24, 2.45) is 10.8 Å². The number of nitrogens with zero attached hydrogens (tertiary/aromatic N) is 1. The smallest absolute Gasteiger partial charge is 0.251 e. The van der Waals surface area contributed by atoms with E-state index in [2.05, 4.69) is 17.2 Å². The van der Waals surface area contributed by atoms with Crippen LogP contribution in [0.3, 0.4) is 0 Å². The van der Waals surface area contributed by atoms with Gasteiger partial charge >= 0.3 is 0 Å². The predicted octanol–water partition coefficient (Wildman–Crippen LogP) is 3.39. The van der Waals surface area contributed by atoms with Crippen LogP contribution in [0.15, 0.2) is 72.1 Å². The van der Waals surface area contributed by atoms with Gasteiger partial charge in [-0.1, -0.05) is 64.6 Å². The molecule has 8 heteroatoms. The number of hydrogen-bond donors (Lipinski definition) is 2. The average Bonchev–Trinajstić information content (AvgIpc) is 2.81. The van der Waals surface area contributed by atoms with Gasteiger partial charge in [0.25, 0.3) is 5.91 Å². The number of rotatable bonds is 8. The summed E-state index contributed by atoms with van der Waals surface area (Å²) in [6, 6.07) is 15.7. The second-order valence-corrected chi connectivity index (χ2v) is 12.3. The molecular formula is C27H35N3O4S. The molecular weight excluding hydrogens is 462 g/mol. The van der Waals surface area contributed by atoms with Crippen molar-refractivity contribution in [3.8, 4) is 0 Å². The zero-order valence-corrected chi connectivity index (χ0v) is 21.7. The standard InChI is InChI=1S/C27H35N3O4S/c1-6-23(31)29-25-26(2,3)18-30(19-27(25,4)5)35(33,34)22-14-12-21(13-15-22)24(32)28-17-16-20-10-8-7-9-11-20/h6-15,25H,1,16-19H2,2-5H3,(H,28,32)(H,29,31). The molecule has 1 aliphatic rings. The molecule has 0 radical (unpaired) electrons. The zero-order valence-electron chi connectivity index (χ0n) is 20.9. The molecule has 0 saturated carbocycles. The molecule has 1 aliphatic heterocycles.